The minimum Gasteiger partial charge on any atom is -0.338 e. The van der Waals surface area contributed by atoms with Crippen LogP contribution in [0.15, 0.2) is 9.90 Å². The van der Waals surface area contributed by atoms with E-state index in [1.807, 2.05) is 19.4 Å². The van der Waals surface area contributed by atoms with Crippen LogP contribution >= 0.6 is 11.3 Å². The van der Waals surface area contributed by atoms with Crippen LogP contribution in [-0.2, 0) is 13.0 Å². The highest BCUT2D eigenvalue weighted by Gasteiger charge is 2.07. The number of aromatic nitrogens is 3. The smallest absolute Gasteiger partial charge is 0.240 e. The van der Waals surface area contributed by atoms with Gasteiger partial charge in [0.1, 0.15) is 0 Å². The highest BCUT2D eigenvalue weighted by atomic mass is 32.1. The Kier molecular flexibility index (Phi) is 3.08. The number of hydrogen-bond acceptors (Lipinski definition) is 6. The molecule has 0 aliphatic heterocycles. The zero-order chi connectivity index (χ0) is 10.7. The average Bonchev–Trinajstić information content (AvgIpc) is 2.78. The van der Waals surface area contributed by atoms with Crippen molar-refractivity contribution in [1.29, 1.82) is 0 Å². The zero-order valence-electron chi connectivity index (χ0n) is 8.65. The van der Waals surface area contributed by atoms with Gasteiger partial charge in [-0.1, -0.05) is 5.16 Å². The SMILES string of the molecule is CNCc1nc(Cc2csc(C)n2)no1. The molecule has 2 heterocycles. The van der Waals surface area contributed by atoms with Crippen molar-refractivity contribution in [1.82, 2.24) is 20.4 Å². The number of nitrogens with zero attached hydrogens (tertiary/aromatic N) is 3. The summed E-state index contributed by atoms with van der Waals surface area (Å²) in [7, 11) is 1.84. The van der Waals surface area contributed by atoms with E-state index in [0.29, 0.717) is 24.7 Å². The number of hydrogen-bond donors (Lipinski definition) is 1. The van der Waals surface area contributed by atoms with E-state index in [1.165, 1.54) is 0 Å². The van der Waals surface area contributed by atoms with Gasteiger partial charge < -0.3 is 9.84 Å². The van der Waals surface area contributed by atoms with Crippen LogP contribution in [-0.4, -0.2) is 22.2 Å². The fraction of sp³-hybridized carbons (Fsp3) is 0.444. The molecule has 0 spiro atoms. The van der Waals surface area contributed by atoms with Crippen molar-refractivity contribution in [3.05, 3.63) is 27.8 Å². The second-order valence-electron chi connectivity index (χ2n) is 3.17. The highest BCUT2D eigenvalue weighted by Crippen LogP contribution is 2.11. The average molecular weight is 224 g/mol. The molecule has 0 saturated heterocycles. The molecule has 5 nitrogen and oxygen atoms in total. The summed E-state index contributed by atoms with van der Waals surface area (Å²) in [6, 6.07) is 0. The molecule has 0 aliphatic carbocycles. The topological polar surface area (TPSA) is 63.8 Å². The minimum absolute atomic E-state index is 0.600. The van der Waals surface area contributed by atoms with Crippen LogP contribution in [0, 0.1) is 6.92 Å². The molecular weight excluding hydrogens is 212 g/mol. The molecule has 0 atom stereocenters. The highest BCUT2D eigenvalue weighted by molar-refractivity contribution is 7.09. The van der Waals surface area contributed by atoms with Crippen LogP contribution in [0.25, 0.3) is 0 Å². The summed E-state index contributed by atoms with van der Waals surface area (Å²) < 4.78 is 5.04. The summed E-state index contributed by atoms with van der Waals surface area (Å²) in [4.78, 5) is 8.57. The summed E-state index contributed by atoms with van der Waals surface area (Å²) in [5.74, 6) is 1.30. The molecule has 1 N–H and O–H groups in total. The van der Waals surface area contributed by atoms with Crippen molar-refractivity contribution in [3.63, 3.8) is 0 Å². The minimum atomic E-state index is 0.600. The van der Waals surface area contributed by atoms with Crippen molar-refractivity contribution < 1.29 is 4.52 Å². The molecule has 0 bridgehead atoms. The molecular formula is C9H12N4OS. The van der Waals surface area contributed by atoms with Gasteiger partial charge in [-0.3, -0.25) is 0 Å². The second kappa shape index (κ2) is 4.50. The van der Waals surface area contributed by atoms with Crippen LogP contribution < -0.4 is 5.32 Å². The molecule has 0 aromatic carbocycles. The van der Waals surface area contributed by atoms with Gasteiger partial charge in [0.2, 0.25) is 5.89 Å². The lowest BCUT2D eigenvalue weighted by atomic mass is 10.3. The Hall–Kier alpha value is -1.27. The lowest BCUT2D eigenvalue weighted by molar-refractivity contribution is 0.367. The fourth-order valence-electron chi connectivity index (χ4n) is 1.24. The van der Waals surface area contributed by atoms with Crippen LogP contribution in [0.3, 0.4) is 0 Å². The molecule has 80 valence electrons. The molecule has 2 aromatic heterocycles. The van der Waals surface area contributed by atoms with Crippen molar-refractivity contribution in [2.75, 3.05) is 7.05 Å². The standard InChI is InChI=1S/C9H12N4OS/c1-6-11-7(5-15-6)3-8-12-9(4-10-2)14-13-8/h5,10H,3-4H2,1-2H3. The molecule has 2 rings (SSSR count). The van der Waals surface area contributed by atoms with E-state index in [0.717, 1.165) is 10.7 Å². The molecule has 0 aliphatic rings. The number of nitrogens with one attached hydrogen (secondary N) is 1. The van der Waals surface area contributed by atoms with Gasteiger partial charge in [0, 0.05) is 5.38 Å². The molecule has 0 saturated carbocycles. The predicted octanol–water partition coefficient (Wildman–Crippen LogP) is 1.14. The molecule has 15 heavy (non-hydrogen) atoms. The van der Waals surface area contributed by atoms with Crippen LogP contribution in [0.2, 0.25) is 0 Å². The Morgan fingerprint density at radius 2 is 2.33 bits per heavy atom. The molecule has 0 fully saturated rings. The summed E-state index contributed by atoms with van der Waals surface area (Å²) in [5.41, 5.74) is 0.995. The van der Waals surface area contributed by atoms with E-state index >= 15 is 0 Å². The Morgan fingerprint density at radius 3 is 3.00 bits per heavy atom. The van der Waals surface area contributed by atoms with Crippen LogP contribution in [0.4, 0.5) is 0 Å². The lowest BCUT2D eigenvalue weighted by Gasteiger charge is -1.88. The van der Waals surface area contributed by atoms with E-state index in [1.54, 1.807) is 11.3 Å². The zero-order valence-corrected chi connectivity index (χ0v) is 9.47. The maximum atomic E-state index is 5.04. The van der Waals surface area contributed by atoms with E-state index < -0.39 is 0 Å². The Labute approximate surface area is 91.5 Å². The van der Waals surface area contributed by atoms with Gasteiger partial charge in [0.05, 0.1) is 23.7 Å². The largest absolute Gasteiger partial charge is 0.338 e. The van der Waals surface area contributed by atoms with Crippen molar-refractivity contribution >= 4 is 11.3 Å². The first kappa shape index (κ1) is 10.3. The quantitative estimate of drug-likeness (QED) is 0.843. The number of aryl methyl sites for hydroxylation is 1. The molecule has 6 heteroatoms. The van der Waals surface area contributed by atoms with Gasteiger partial charge in [-0.15, -0.1) is 11.3 Å². The third-order valence-corrected chi connectivity index (χ3v) is 2.67. The summed E-state index contributed by atoms with van der Waals surface area (Å²) in [6.07, 6.45) is 0.636. The van der Waals surface area contributed by atoms with Gasteiger partial charge in [0.25, 0.3) is 0 Å². The van der Waals surface area contributed by atoms with E-state index in [4.69, 9.17) is 4.52 Å². The lowest BCUT2D eigenvalue weighted by Crippen LogP contribution is -2.05. The van der Waals surface area contributed by atoms with Crippen molar-refractivity contribution in [2.24, 2.45) is 0 Å². The molecule has 2 aromatic rings. The van der Waals surface area contributed by atoms with E-state index in [2.05, 4.69) is 20.4 Å². The van der Waals surface area contributed by atoms with Crippen molar-refractivity contribution in [2.45, 2.75) is 19.9 Å². The Bertz CT molecular complexity index is 437. The third-order valence-electron chi connectivity index (χ3n) is 1.84. The van der Waals surface area contributed by atoms with Gasteiger partial charge >= 0.3 is 0 Å². The molecule has 0 unspecified atom stereocenters. The Balaban J connectivity index is 2.04. The summed E-state index contributed by atoms with van der Waals surface area (Å²) >= 11 is 1.63. The van der Waals surface area contributed by atoms with Gasteiger partial charge in [-0.05, 0) is 14.0 Å². The maximum Gasteiger partial charge on any atom is 0.240 e. The first-order chi connectivity index (χ1) is 7.28. The van der Waals surface area contributed by atoms with Crippen LogP contribution in [0.1, 0.15) is 22.4 Å². The summed E-state index contributed by atoms with van der Waals surface area (Å²) in [5, 5.41) is 9.91. The monoisotopic (exact) mass is 224 g/mol. The van der Waals surface area contributed by atoms with Crippen molar-refractivity contribution in [3.8, 4) is 0 Å². The van der Waals surface area contributed by atoms with E-state index in [9.17, 15) is 0 Å². The number of thiazole rings is 1. The second-order valence-corrected chi connectivity index (χ2v) is 4.23. The van der Waals surface area contributed by atoms with Gasteiger partial charge in [-0.2, -0.15) is 4.98 Å². The Morgan fingerprint density at radius 1 is 1.47 bits per heavy atom. The van der Waals surface area contributed by atoms with Crippen LogP contribution in [0.5, 0.6) is 0 Å². The normalized spacial score (nSPS) is 10.8. The predicted molar refractivity (Wildman–Crippen MR) is 56.7 cm³/mol. The first-order valence-corrected chi connectivity index (χ1v) is 5.53. The summed E-state index contributed by atoms with van der Waals surface area (Å²) in [6.45, 7) is 2.58. The number of rotatable bonds is 4. The first-order valence-electron chi connectivity index (χ1n) is 4.65. The fourth-order valence-corrected chi connectivity index (χ4v) is 1.85. The third kappa shape index (κ3) is 2.60. The van der Waals surface area contributed by atoms with Gasteiger partial charge in [0.15, 0.2) is 5.82 Å². The molecule has 0 radical (unpaired) electrons. The van der Waals surface area contributed by atoms with Gasteiger partial charge in [-0.25, -0.2) is 4.98 Å². The van der Waals surface area contributed by atoms with E-state index in [-0.39, 0.29) is 0 Å². The maximum absolute atomic E-state index is 5.04. The molecule has 0 amide bonds.